The fourth-order valence-electron chi connectivity index (χ4n) is 6.05. The van der Waals surface area contributed by atoms with Gasteiger partial charge in [0.2, 0.25) is 5.91 Å². The van der Waals surface area contributed by atoms with Crippen molar-refractivity contribution in [1.29, 1.82) is 0 Å². The minimum atomic E-state index is -0.420. The summed E-state index contributed by atoms with van der Waals surface area (Å²) in [4.78, 5) is 11.1. The van der Waals surface area contributed by atoms with Crippen LogP contribution < -0.4 is 10.5 Å². The molecule has 4 fully saturated rings. The van der Waals surface area contributed by atoms with Crippen molar-refractivity contribution in [3.8, 4) is 11.5 Å². The summed E-state index contributed by atoms with van der Waals surface area (Å²) < 4.78 is 5.92. The third-order valence-corrected chi connectivity index (χ3v) is 6.87. The molecule has 3 heteroatoms. The maximum atomic E-state index is 11.1. The third-order valence-electron chi connectivity index (χ3n) is 6.87. The highest BCUT2D eigenvalue weighted by atomic mass is 16.5. The van der Waals surface area contributed by atoms with E-state index in [1.807, 2.05) is 0 Å². The van der Waals surface area contributed by atoms with E-state index < -0.39 is 5.91 Å². The van der Waals surface area contributed by atoms with Gasteiger partial charge in [0.1, 0.15) is 11.5 Å². The van der Waals surface area contributed by atoms with Crippen LogP contribution in [0, 0.1) is 23.7 Å². The predicted octanol–water partition coefficient (Wildman–Crippen LogP) is 5.12. The number of rotatable bonds is 4. The first-order valence-electron chi connectivity index (χ1n) is 9.83. The van der Waals surface area contributed by atoms with Gasteiger partial charge in [0.05, 0.1) is 0 Å². The highest BCUT2D eigenvalue weighted by Gasteiger charge is 2.48. The van der Waals surface area contributed by atoms with E-state index in [1.54, 1.807) is 24.3 Å². The van der Waals surface area contributed by atoms with Crippen LogP contribution in [0.2, 0.25) is 0 Å². The Hall–Kier alpha value is -2.29. The van der Waals surface area contributed by atoms with Gasteiger partial charge < -0.3 is 10.5 Å². The van der Waals surface area contributed by atoms with Gasteiger partial charge in [-0.05, 0) is 104 Å². The number of carbonyl (C=O) groups excluding carboxylic acids is 1. The van der Waals surface area contributed by atoms with E-state index in [0.717, 1.165) is 41.1 Å². The summed E-state index contributed by atoms with van der Waals surface area (Å²) in [5.74, 6) is 5.73. The lowest BCUT2D eigenvalue weighted by Gasteiger charge is -2.54. The minimum Gasteiger partial charge on any atom is -0.457 e. The van der Waals surface area contributed by atoms with Crippen LogP contribution in [0.3, 0.4) is 0 Å². The number of nitrogens with two attached hydrogens (primary N) is 1. The van der Waals surface area contributed by atoms with E-state index in [9.17, 15) is 4.79 Å². The smallest absolute Gasteiger partial charge is 0.248 e. The summed E-state index contributed by atoms with van der Waals surface area (Å²) in [7, 11) is 0. The third kappa shape index (κ3) is 2.80. The van der Waals surface area contributed by atoms with Crippen LogP contribution in [-0.2, 0) is 0 Å². The molecule has 0 saturated heterocycles. The van der Waals surface area contributed by atoms with Gasteiger partial charge >= 0.3 is 0 Å². The molecule has 0 aromatic heterocycles. The number of ether oxygens (including phenoxy) is 1. The Morgan fingerprint density at radius 2 is 1.27 bits per heavy atom. The second-order valence-corrected chi connectivity index (χ2v) is 8.52. The van der Waals surface area contributed by atoms with Crippen LogP contribution in [0.15, 0.2) is 48.5 Å². The van der Waals surface area contributed by atoms with Crippen LogP contribution in [-0.4, -0.2) is 5.91 Å². The average molecular weight is 347 g/mol. The number of amides is 1. The standard InChI is InChI=1S/C23H25NO2/c24-23(25)17-3-7-21(8-4-17)26-20-5-1-16(2-6-20)22-18-10-14-9-15(12-18)13-19(22)11-14/h1-8,14-15,18-19,22H,9-13H2,(H2,24,25)/t14-,15+,18-,19+,22?. The molecule has 0 spiro atoms. The quantitative estimate of drug-likeness (QED) is 0.835. The predicted molar refractivity (Wildman–Crippen MR) is 101 cm³/mol. The minimum absolute atomic E-state index is 0.420. The van der Waals surface area contributed by atoms with Gasteiger partial charge in [-0.15, -0.1) is 0 Å². The van der Waals surface area contributed by atoms with Gasteiger partial charge in [0.15, 0.2) is 0 Å². The summed E-state index contributed by atoms with van der Waals surface area (Å²) in [6.45, 7) is 0. The van der Waals surface area contributed by atoms with Gasteiger partial charge in [0, 0.05) is 5.56 Å². The van der Waals surface area contributed by atoms with Crippen molar-refractivity contribution in [1.82, 2.24) is 0 Å². The van der Waals surface area contributed by atoms with Crippen LogP contribution in [0.4, 0.5) is 0 Å². The first-order valence-corrected chi connectivity index (χ1v) is 9.83. The van der Waals surface area contributed by atoms with Gasteiger partial charge in [-0.2, -0.15) is 0 Å². The zero-order valence-electron chi connectivity index (χ0n) is 14.9. The Kier molecular flexibility index (Phi) is 3.77. The summed E-state index contributed by atoms with van der Waals surface area (Å²) in [5, 5.41) is 0. The van der Waals surface area contributed by atoms with E-state index >= 15 is 0 Å². The molecule has 4 saturated carbocycles. The van der Waals surface area contributed by atoms with Crippen molar-refractivity contribution in [3.05, 3.63) is 59.7 Å². The first-order chi connectivity index (χ1) is 12.7. The van der Waals surface area contributed by atoms with Crippen LogP contribution in [0.5, 0.6) is 11.5 Å². The van der Waals surface area contributed by atoms with Crippen molar-refractivity contribution >= 4 is 5.91 Å². The Morgan fingerprint density at radius 1 is 0.769 bits per heavy atom. The number of carbonyl (C=O) groups is 1. The molecule has 1 amide bonds. The molecule has 0 radical (unpaired) electrons. The van der Waals surface area contributed by atoms with Crippen LogP contribution >= 0.6 is 0 Å². The van der Waals surface area contributed by atoms with Gasteiger partial charge in [-0.25, -0.2) is 0 Å². The molecule has 2 aromatic rings. The van der Waals surface area contributed by atoms with E-state index in [1.165, 1.54) is 37.7 Å². The molecule has 0 aliphatic heterocycles. The SMILES string of the molecule is NC(=O)c1ccc(Oc2ccc(C3[C@H]4C[C@@H]5C[C@@H](C[C@H]3C5)C4)cc2)cc1. The zero-order chi connectivity index (χ0) is 17.7. The summed E-state index contributed by atoms with van der Waals surface area (Å²) >= 11 is 0. The highest BCUT2D eigenvalue weighted by molar-refractivity contribution is 5.92. The molecule has 134 valence electrons. The molecule has 0 atom stereocenters. The average Bonchev–Trinajstić information content (AvgIpc) is 2.63. The molecule has 2 N–H and O–H groups in total. The highest BCUT2D eigenvalue weighted by Crippen LogP contribution is 2.59. The topological polar surface area (TPSA) is 52.3 Å². The molecular formula is C23H25NO2. The molecule has 26 heavy (non-hydrogen) atoms. The molecule has 4 aliphatic rings. The Bertz CT molecular complexity index is 781. The summed E-state index contributed by atoms with van der Waals surface area (Å²) in [6.07, 6.45) is 7.29. The van der Waals surface area contributed by atoms with Crippen molar-refractivity contribution in [3.63, 3.8) is 0 Å². The van der Waals surface area contributed by atoms with Crippen LogP contribution in [0.1, 0.15) is 53.9 Å². The van der Waals surface area contributed by atoms with Crippen molar-refractivity contribution in [2.24, 2.45) is 29.4 Å². The van der Waals surface area contributed by atoms with E-state index in [-0.39, 0.29) is 0 Å². The summed E-state index contributed by atoms with van der Waals surface area (Å²) in [5.41, 5.74) is 7.26. The number of primary amides is 1. The van der Waals surface area contributed by atoms with E-state index in [2.05, 4.69) is 24.3 Å². The first kappa shape index (κ1) is 15.9. The lowest BCUT2D eigenvalue weighted by molar-refractivity contribution is -0.00279. The zero-order valence-corrected chi connectivity index (χ0v) is 14.9. The molecular weight excluding hydrogens is 322 g/mol. The Morgan fingerprint density at radius 3 is 1.77 bits per heavy atom. The molecule has 4 bridgehead atoms. The molecule has 6 rings (SSSR count). The normalized spacial score (nSPS) is 31.8. The van der Waals surface area contributed by atoms with Gasteiger partial charge in [0.25, 0.3) is 0 Å². The number of hydrogen-bond acceptors (Lipinski definition) is 2. The monoisotopic (exact) mass is 347 g/mol. The fourth-order valence-corrected chi connectivity index (χ4v) is 6.05. The van der Waals surface area contributed by atoms with Crippen molar-refractivity contribution in [2.45, 2.75) is 38.0 Å². The van der Waals surface area contributed by atoms with Crippen molar-refractivity contribution in [2.75, 3.05) is 0 Å². The molecule has 2 aromatic carbocycles. The lowest BCUT2D eigenvalue weighted by Crippen LogP contribution is -2.43. The number of benzene rings is 2. The Balaban J connectivity index is 1.31. The maximum absolute atomic E-state index is 11.1. The van der Waals surface area contributed by atoms with Gasteiger partial charge in [-0.3, -0.25) is 4.79 Å². The second kappa shape index (κ2) is 6.15. The maximum Gasteiger partial charge on any atom is 0.248 e. The van der Waals surface area contributed by atoms with Crippen molar-refractivity contribution < 1.29 is 9.53 Å². The molecule has 0 heterocycles. The van der Waals surface area contributed by atoms with E-state index in [4.69, 9.17) is 10.5 Å². The van der Waals surface area contributed by atoms with E-state index in [0.29, 0.717) is 5.56 Å². The molecule has 3 nitrogen and oxygen atoms in total. The molecule has 0 unspecified atom stereocenters. The molecule has 4 aliphatic carbocycles. The lowest BCUT2D eigenvalue weighted by atomic mass is 9.51. The van der Waals surface area contributed by atoms with Crippen LogP contribution in [0.25, 0.3) is 0 Å². The largest absolute Gasteiger partial charge is 0.457 e. The fraction of sp³-hybridized carbons (Fsp3) is 0.435. The Labute approximate surface area is 154 Å². The second-order valence-electron chi connectivity index (χ2n) is 8.52. The summed E-state index contributed by atoms with van der Waals surface area (Å²) in [6, 6.07) is 15.7. The number of hydrogen-bond donors (Lipinski definition) is 1. The van der Waals surface area contributed by atoms with Gasteiger partial charge in [-0.1, -0.05) is 12.1 Å².